The highest BCUT2D eigenvalue weighted by Crippen LogP contribution is 2.36. The van der Waals surface area contributed by atoms with E-state index in [1.807, 2.05) is 22.6 Å². The fourth-order valence-corrected chi connectivity index (χ4v) is 4.57. The van der Waals surface area contributed by atoms with E-state index in [1.54, 1.807) is 48.5 Å². The number of barbiturate groups is 1. The van der Waals surface area contributed by atoms with Crippen LogP contribution in [0.4, 0.5) is 16.2 Å². The molecule has 1 fully saturated rings. The third-order valence-electron chi connectivity index (χ3n) is 5.25. The van der Waals surface area contributed by atoms with Gasteiger partial charge in [0.25, 0.3) is 17.5 Å². The first-order valence-electron chi connectivity index (χ1n) is 10.6. The third-order valence-corrected chi connectivity index (χ3v) is 6.58. The molecule has 12 heteroatoms. The van der Waals surface area contributed by atoms with E-state index < -0.39 is 22.8 Å². The Balaban J connectivity index is 1.62. The van der Waals surface area contributed by atoms with Crippen LogP contribution in [0.3, 0.4) is 0 Å². The lowest BCUT2D eigenvalue weighted by molar-refractivity contribution is -0.384. The number of benzene rings is 3. The molecule has 37 heavy (non-hydrogen) atoms. The van der Waals surface area contributed by atoms with Gasteiger partial charge in [-0.3, -0.25) is 25.0 Å². The van der Waals surface area contributed by atoms with E-state index in [1.165, 1.54) is 25.3 Å². The van der Waals surface area contributed by atoms with Crippen molar-refractivity contribution in [2.45, 2.75) is 6.61 Å². The Kier molecular flexibility index (Phi) is 7.88. The SMILES string of the molecule is COc1cc(/C=C2\C(=O)NC(=O)N(c3ccc(Br)cc3)C2=O)cc(I)c1OCc1cccc([N+](=O)[O-])c1. The van der Waals surface area contributed by atoms with Crippen molar-refractivity contribution in [1.82, 2.24) is 5.32 Å². The Morgan fingerprint density at radius 2 is 1.84 bits per heavy atom. The van der Waals surface area contributed by atoms with Gasteiger partial charge in [0.2, 0.25) is 0 Å². The van der Waals surface area contributed by atoms with Crippen LogP contribution in [0.25, 0.3) is 6.08 Å². The Morgan fingerprint density at radius 3 is 2.51 bits per heavy atom. The first kappa shape index (κ1) is 26.3. The number of rotatable bonds is 7. The van der Waals surface area contributed by atoms with Gasteiger partial charge in [0, 0.05) is 16.6 Å². The number of halogens is 2. The van der Waals surface area contributed by atoms with Crippen LogP contribution in [0.15, 0.2) is 70.7 Å². The molecule has 0 spiro atoms. The summed E-state index contributed by atoms with van der Waals surface area (Å²) in [5.41, 5.74) is 1.09. The van der Waals surface area contributed by atoms with Crippen molar-refractivity contribution in [3.8, 4) is 11.5 Å². The number of non-ortho nitro benzene ring substituents is 1. The van der Waals surface area contributed by atoms with Crippen molar-refractivity contribution >= 4 is 73.8 Å². The predicted octanol–water partition coefficient (Wildman–Crippen LogP) is 5.22. The van der Waals surface area contributed by atoms with E-state index in [0.29, 0.717) is 31.9 Å². The maximum absolute atomic E-state index is 13.1. The molecule has 0 unspecified atom stereocenters. The van der Waals surface area contributed by atoms with Gasteiger partial charge in [0.1, 0.15) is 12.2 Å². The molecule has 0 aliphatic carbocycles. The number of nitro groups is 1. The fraction of sp³-hybridized carbons (Fsp3) is 0.0800. The van der Waals surface area contributed by atoms with Gasteiger partial charge in [-0.2, -0.15) is 0 Å². The standard InChI is InChI=1S/C25H17BrIN3O7/c1-36-21-12-15(11-20(27)22(21)37-13-14-3-2-4-18(9-14)30(34)35)10-19-23(31)28-25(33)29(24(19)32)17-7-5-16(26)6-8-17/h2-12H,13H2,1H3,(H,28,31,33)/b19-10+. The monoisotopic (exact) mass is 677 g/mol. The largest absolute Gasteiger partial charge is 0.493 e. The molecule has 1 saturated heterocycles. The molecular formula is C25H17BrIN3O7. The lowest BCUT2D eigenvalue weighted by Gasteiger charge is -2.26. The van der Waals surface area contributed by atoms with Gasteiger partial charge in [-0.05, 0) is 76.2 Å². The number of ether oxygens (including phenoxy) is 2. The van der Waals surface area contributed by atoms with Crippen molar-refractivity contribution in [3.05, 3.63) is 95.5 Å². The number of anilines is 1. The molecule has 1 N–H and O–H groups in total. The minimum absolute atomic E-state index is 0.0455. The number of urea groups is 1. The van der Waals surface area contributed by atoms with Gasteiger partial charge in [0.15, 0.2) is 11.5 Å². The molecular weight excluding hydrogens is 661 g/mol. The number of carbonyl (C=O) groups is 3. The van der Waals surface area contributed by atoms with Crippen LogP contribution >= 0.6 is 38.5 Å². The van der Waals surface area contributed by atoms with E-state index in [0.717, 1.165) is 9.37 Å². The number of nitro benzene ring substituents is 1. The van der Waals surface area contributed by atoms with Gasteiger partial charge in [-0.15, -0.1) is 0 Å². The second kappa shape index (κ2) is 11.1. The van der Waals surface area contributed by atoms with Crippen molar-refractivity contribution in [2.75, 3.05) is 12.0 Å². The van der Waals surface area contributed by atoms with Gasteiger partial charge in [-0.25, -0.2) is 9.69 Å². The van der Waals surface area contributed by atoms with Crippen molar-refractivity contribution in [1.29, 1.82) is 0 Å². The number of methoxy groups -OCH3 is 1. The maximum atomic E-state index is 13.1. The summed E-state index contributed by atoms with van der Waals surface area (Å²) in [4.78, 5) is 49.5. The number of amides is 4. The molecule has 1 aliphatic heterocycles. The molecule has 4 rings (SSSR count). The van der Waals surface area contributed by atoms with E-state index in [2.05, 4.69) is 21.2 Å². The number of hydrogen-bond donors (Lipinski definition) is 1. The molecule has 4 amide bonds. The average molecular weight is 678 g/mol. The normalized spacial score (nSPS) is 14.5. The van der Waals surface area contributed by atoms with Gasteiger partial charge >= 0.3 is 6.03 Å². The second-order valence-corrected chi connectivity index (χ2v) is 9.76. The van der Waals surface area contributed by atoms with E-state index in [4.69, 9.17) is 9.47 Å². The molecule has 1 aliphatic rings. The highest BCUT2D eigenvalue weighted by Gasteiger charge is 2.36. The Labute approximate surface area is 232 Å². The quantitative estimate of drug-likeness (QED) is 0.119. The smallest absolute Gasteiger partial charge is 0.335 e. The Hall–Kier alpha value is -3.78. The first-order chi connectivity index (χ1) is 17.7. The van der Waals surface area contributed by atoms with Crippen LogP contribution in [0.5, 0.6) is 11.5 Å². The Bertz CT molecular complexity index is 1460. The molecule has 10 nitrogen and oxygen atoms in total. The molecule has 0 radical (unpaired) electrons. The highest BCUT2D eigenvalue weighted by atomic mass is 127. The Morgan fingerprint density at radius 1 is 1.11 bits per heavy atom. The summed E-state index contributed by atoms with van der Waals surface area (Å²) in [6.07, 6.45) is 1.37. The number of nitrogens with one attached hydrogen (secondary N) is 1. The lowest BCUT2D eigenvalue weighted by atomic mass is 10.1. The molecule has 188 valence electrons. The van der Waals surface area contributed by atoms with Crippen molar-refractivity contribution in [3.63, 3.8) is 0 Å². The molecule has 0 bridgehead atoms. The second-order valence-electron chi connectivity index (χ2n) is 7.68. The van der Waals surface area contributed by atoms with E-state index >= 15 is 0 Å². The molecule has 3 aromatic rings. The molecule has 0 saturated carbocycles. The van der Waals surface area contributed by atoms with Gasteiger partial charge in [0.05, 0.1) is 21.3 Å². The number of hydrogen-bond acceptors (Lipinski definition) is 7. The lowest BCUT2D eigenvalue weighted by Crippen LogP contribution is -2.54. The summed E-state index contributed by atoms with van der Waals surface area (Å²) in [5, 5.41) is 13.2. The first-order valence-corrected chi connectivity index (χ1v) is 12.5. The predicted molar refractivity (Wildman–Crippen MR) is 146 cm³/mol. The van der Waals surface area contributed by atoms with Gasteiger partial charge < -0.3 is 9.47 Å². The number of carbonyl (C=O) groups excluding carboxylic acids is 3. The third kappa shape index (κ3) is 5.80. The zero-order valence-electron chi connectivity index (χ0n) is 19.1. The molecule has 1 heterocycles. The average Bonchev–Trinajstić information content (AvgIpc) is 2.86. The summed E-state index contributed by atoms with van der Waals surface area (Å²) < 4.78 is 12.7. The van der Waals surface area contributed by atoms with Crippen LogP contribution in [0.2, 0.25) is 0 Å². The molecule has 3 aromatic carbocycles. The zero-order valence-corrected chi connectivity index (χ0v) is 22.8. The summed E-state index contributed by atoms with van der Waals surface area (Å²) in [7, 11) is 1.44. The topological polar surface area (TPSA) is 128 Å². The van der Waals surface area contributed by atoms with Crippen LogP contribution < -0.4 is 19.7 Å². The van der Waals surface area contributed by atoms with Crippen molar-refractivity contribution in [2.24, 2.45) is 0 Å². The number of nitrogens with zero attached hydrogens (tertiary/aromatic N) is 2. The summed E-state index contributed by atoms with van der Waals surface area (Å²) in [6.45, 7) is 0.0552. The minimum atomic E-state index is -0.841. The summed E-state index contributed by atoms with van der Waals surface area (Å²) >= 11 is 5.33. The van der Waals surface area contributed by atoms with Crippen LogP contribution in [-0.2, 0) is 16.2 Å². The van der Waals surface area contributed by atoms with E-state index in [9.17, 15) is 24.5 Å². The zero-order chi connectivity index (χ0) is 26.7. The fourth-order valence-electron chi connectivity index (χ4n) is 3.53. The van der Waals surface area contributed by atoms with Crippen LogP contribution in [-0.4, -0.2) is 29.9 Å². The minimum Gasteiger partial charge on any atom is -0.493 e. The maximum Gasteiger partial charge on any atom is 0.335 e. The van der Waals surface area contributed by atoms with Crippen molar-refractivity contribution < 1.29 is 28.8 Å². The van der Waals surface area contributed by atoms with E-state index in [-0.39, 0.29) is 17.9 Å². The van der Waals surface area contributed by atoms with Crippen LogP contribution in [0, 0.1) is 13.7 Å². The molecule has 0 aromatic heterocycles. The van der Waals surface area contributed by atoms with Gasteiger partial charge in [-0.1, -0.05) is 28.1 Å². The molecule has 0 atom stereocenters. The number of imide groups is 2. The van der Waals surface area contributed by atoms with Crippen LogP contribution in [0.1, 0.15) is 11.1 Å². The summed E-state index contributed by atoms with van der Waals surface area (Å²) in [6, 6.07) is 15.0. The summed E-state index contributed by atoms with van der Waals surface area (Å²) in [5.74, 6) is -0.865. The highest BCUT2D eigenvalue weighted by molar-refractivity contribution is 14.1.